The highest BCUT2D eigenvalue weighted by molar-refractivity contribution is 5.71. The number of nitrogens with two attached hydrogens (primary N) is 1. The second-order valence-corrected chi connectivity index (χ2v) is 5.13. The highest BCUT2D eigenvalue weighted by atomic mass is 16.6. The van der Waals surface area contributed by atoms with Crippen molar-refractivity contribution in [2.75, 3.05) is 17.2 Å². The monoisotopic (exact) mass is 263 g/mol. The number of nitrogen functional groups attached to an aromatic ring is 1. The van der Waals surface area contributed by atoms with E-state index in [0.29, 0.717) is 11.7 Å². The maximum Gasteiger partial charge on any atom is 0.271 e. The third-order valence-corrected chi connectivity index (χ3v) is 3.78. The molecule has 0 radical (unpaired) electrons. The van der Waals surface area contributed by atoms with E-state index in [1.54, 1.807) is 12.1 Å². The molecule has 0 amide bonds. The number of piperidine rings is 1. The smallest absolute Gasteiger partial charge is 0.271 e. The molecule has 1 fully saturated rings. The van der Waals surface area contributed by atoms with Gasteiger partial charge in [0, 0.05) is 24.7 Å². The summed E-state index contributed by atoms with van der Waals surface area (Å²) < 4.78 is 0. The van der Waals surface area contributed by atoms with Crippen LogP contribution < -0.4 is 10.6 Å². The van der Waals surface area contributed by atoms with Gasteiger partial charge in [-0.25, -0.2) is 0 Å². The van der Waals surface area contributed by atoms with E-state index >= 15 is 0 Å². The lowest BCUT2D eigenvalue weighted by Crippen LogP contribution is -2.39. The zero-order valence-corrected chi connectivity index (χ0v) is 11.3. The van der Waals surface area contributed by atoms with Crippen molar-refractivity contribution in [1.29, 1.82) is 0 Å². The summed E-state index contributed by atoms with van der Waals surface area (Å²) >= 11 is 0. The minimum absolute atomic E-state index is 0.0605. The standard InChI is InChI=1S/C14H21N3O2/c1-2-5-11-6-3-4-9-16(11)14-8-7-12(17(18)19)10-13(14)15/h7-8,10-11H,2-6,9,15H2,1H3. The van der Waals surface area contributed by atoms with Crippen LogP contribution in [0.2, 0.25) is 0 Å². The molecule has 2 rings (SSSR count). The lowest BCUT2D eigenvalue weighted by atomic mass is 9.97. The Labute approximate surface area is 113 Å². The molecule has 19 heavy (non-hydrogen) atoms. The predicted octanol–water partition coefficient (Wildman–Crippen LogP) is 3.34. The van der Waals surface area contributed by atoms with Crippen molar-refractivity contribution in [3.05, 3.63) is 28.3 Å². The summed E-state index contributed by atoms with van der Waals surface area (Å²) in [4.78, 5) is 12.7. The molecular weight excluding hydrogens is 242 g/mol. The second kappa shape index (κ2) is 5.91. The number of hydrogen-bond donors (Lipinski definition) is 1. The van der Waals surface area contributed by atoms with Crippen molar-refractivity contribution in [3.63, 3.8) is 0 Å². The molecule has 0 aromatic heterocycles. The average Bonchev–Trinajstić information content (AvgIpc) is 2.40. The fourth-order valence-corrected chi connectivity index (χ4v) is 2.87. The highest BCUT2D eigenvalue weighted by Gasteiger charge is 2.24. The van der Waals surface area contributed by atoms with Gasteiger partial charge in [0.1, 0.15) is 0 Å². The third kappa shape index (κ3) is 2.97. The maximum atomic E-state index is 10.7. The molecule has 1 atom stereocenters. The Kier molecular flexibility index (Phi) is 4.24. The molecule has 1 aromatic carbocycles. The molecule has 0 spiro atoms. The van der Waals surface area contributed by atoms with Gasteiger partial charge in [0.2, 0.25) is 0 Å². The van der Waals surface area contributed by atoms with Gasteiger partial charge in [0.15, 0.2) is 0 Å². The molecule has 1 aliphatic rings. The topological polar surface area (TPSA) is 72.4 Å². The van der Waals surface area contributed by atoms with Gasteiger partial charge in [-0.3, -0.25) is 10.1 Å². The number of non-ortho nitro benzene ring substituents is 1. The lowest BCUT2D eigenvalue weighted by Gasteiger charge is -2.38. The van der Waals surface area contributed by atoms with Crippen LogP contribution in [0.5, 0.6) is 0 Å². The van der Waals surface area contributed by atoms with Crippen LogP contribution in [0.3, 0.4) is 0 Å². The van der Waals surface area contributed by atoms with E-state index in [9.17, 15) is 10.1 Å². The summed E-state index contributed by atoms with van der Waals surface area (Å²) in [6.45, 7) is 3.18. The molecule has 1 saturated heterocycles. The third-order valence-electron chi connectivity index (χ3n) is 3.78. The SMILES string of the molecule is CCCC1CCCCN1c1ccc([N+](=O)[O-])cc1N. The zero-order valence-electron chi connectivity index (χ0n) is 11.3. The highest BCUT2D eigenvalue weighted by Crippen LogP contribution is 2.33. The van der Waals surface area contributed by atoms with Gasteiger partial charge in [-0.15, -0.1) is 0 Å². The number of anilines is 2. The van der Waals surface area contributed by atoms with Crippen LogP contribution in [0.4, 0.5) is 17.1 Å². The van der Waals surface area contributed by atoms with Crippen LogP contribution in [-0.2, 0) is 0 Å². The van der Waals surface area contributed by atoms with Gasteiger partial charge in [0.05, 0.1) is 16.3 Å². The predicted molar refractivity (Wildman–Crippen MR) is 77.4 cm³/mol. The molecule has 5 heteroatoms. The Hall–Kier alpha value is -1.78. The zero-order chi connectivity index (χ0) is 13.8. The molecule has 0 bridgehead atoms. The van der Waals surface area contributed by atoms with E-state index in [1.807, 2.05) is 0 Å². The van der Waals surface area contributed by atoms with E-state index in [2.05, 4.69) is 11.8 Å². The van der Waals surface area contributed by atoms with Gasteiger partial charge in [-0.2, -0.15) is 0 Å². The maximum absolute atomic E-state index is 10.7. The normalized spacial score (nSPS) is 19.4. The van der Waals surface area contributed by atoms with Crippen molar-refractivity contribution in [3.8, 4) is 0 Å². The Morgan fingerprint density at radius 3 is 2.89 bits per heavy atom. The van der Waals surface area contributed by atoms with Gasteiger partial charge >= 0.3 is 0 Å². The van der Waals surface area contributed by atoms with E-state index in [-0.39, 0.29) is 5.69 Å². The van der Waals surface area contributed by atoms with Crippen molar-refractivity contribution in [2.24, 2.45) is 0 Å². The van der Waals surface area contributed by atoms with Gasteiger partial charge in [-0.05, 0) is 31.7 Å². The van der Waals surface area contributed by atoms with Crippen LogP contribution >= 0.6 is 0 Å². The Morgan fingerprint density at radius 1 is 1.47 bits per heavy atom. The quantitative estimate of drug-likeness (QED) is 0.513. The fraction of sp³-hybridized carbons (Fsp3) is 0.571. The number of nitro groups is 1. The van der Waals surface area contributed by atoms with Gasteiger partial charge in [0.25, 0.3) is 5.69 Å². The number of benzene rings is 1. The summed E-state index contributed by atoms with van der Waals surface area (Å²) in [5.74, 6) is 0. The average molecular weight is 263 g/mol. The second-order valence-electron chi connectivity index (χ2n) is 5.13. The molecule has 1 aromatic rings. The molecule has 1 unspecified atom stereocenters. The first-order valence-electron chi connectivity index (χ1n) is 6.94. The molecule has 104 valence electrons. The van der Waals surface area contributed by atoms with Crippen LogP contribution in [0, 0.1) is 10.1 Å². The summed E-state index contributed by atoms with van der Waals surface area (Å²) in [7, 11) is 0. The Morgan fingerprint density at radius 2 is 2.26 bits per heavy atom. The largest absolute Gasteiger partial charge is 0.397 e. The Balaban J connectivity index is 2.26. The van der Waals surface area contributed by atoms with Crippen LogP contribution in [-0.4, -0.2) is 17.5 Å². The van der Waals surface area contributed by atoms with Gasteiger partial charge < -0.3 is 10.6 Å². The van der Waals surface area contributed by atoms with E-state index in [0.717, 1.165) is 31.5 Å². The molecule has 0 saturated carbocycles. The molecule has 0 aliphatic carbocycles. The number of nitro benzene ring substituents is 1. The van der Waals surface area contributed by atoms with E-state index in [4.69, 9.17) is 5.73 Å². The lowest BCUT2D eigenvalue weighted by molar-refractivity contribution is -0.384. The molecule has 1 heterocycles. The summed E-state index contributed by atoms with van der Waals surface area (Å²) in [6.07, 6.45) is 5.90. The van der Waals surface area contributed by atoms with Gasteiger partial charge in [-0.1, -0.05) is 13.3 Å². The fourth-order valence-electron chi connectivity index (χ4n) is 2.87. The molecular formula is C14H21N3O2. The number of rotatable bonds is 4. The van der Waals surface area contributed by atoms with Crippen LogP contribution in [0.15, 0.2) is 18.2 Å². The molecule has 1 aliphatic heterocycles. The van der Waals surface area contributed by atoms with Crippen LogP contribution in [0.25, 0.3) is 0 Å². The minimum atomic E-state index is -0.403. The van der Waals surface area contributed by atoms with Crippen LogP contribution in [0.1, 0.15) is 39.0 Å². The Bertz CT molecular complexity index is 460. The summed E-state index contributed by atoms with van der Waals surface area (Å²) in [5, 5.41) is 10.7. The molecule has 5 nitrogen and oxygen atoms in total. The molecule has 2 N–H and O–H groups in total. The first-order valence-corrected chi connectivity index (χ1v) is 6.94. The summed E-state index contributed by atoms with van der Waals surface area (Å²) in [5.41, 5.74) is 7.52. The number of nitrogens with zero attached hydrogens (tertiary/aromatic N) is 2. The van der Waals surface area contributed by atoms with Crippen molar-refractivity contribution < 1.29 is 4.92 Å². The summed E-state index contributed by atoms with van der Waals surface area (Å²) in [6, 6.07) is 5.32. The first kappa shape index (κ1) is 13.6. The number of hydrogen-bond acceptors (Lipinski definition) is 4. The van der Waals surface area contributed by atoms with E-state index < -0.39 is 4.92 Å². The van der Waals surface area contributed by atoms with Crippen molar-refractivity contribution in [1.82, 2.24) is 0 Å². The van der Waals surface area contributed by atoms with E-state index in [1.165, 1.54) is 18.9 Å². The minimum Gasteiger partial charge on any atom is -0.397 e. The van der Waals surface area contributed by atoms with Crippen molar-refractivity contribution in [2.45, 2.75) is 45.1 Å². The first-order chi connectivity index (χ1) is 9.13. The van der Waals surface area contributed by atoms with Crippen molar-refractivity contribution >= 4 is 17.1 Å².